The van der Waals surface area contributed by atoms with E-state index in [0.29, 0.717) is 13.2 Å². The number of hydrogen-bond donors (Lipinski definition) is 0. The molecular weight excluding hydrogens is 272 g/mol. The molecule has 2 nitrogen and oxygen atoms in total. The number of para-hydroxylation sites is 2. The molecule has 2 aromatic rings. The lowest BCUT2D eigenvalue weighted by Gasteiger charge is -2.14. The minimum absolute atomic E-state index is 0.540. The second kappa shape index (κ2) is 8.73. The summed E-state index contributed by atoms with van der Waals surface area (Å²) in [5.74, 6) is 1.75. The number of rotatable bonds is 7. The molecular formula is C20H22O2. The first-order chi connectivity index (χ1) is 10.8. The number of allylic oxidation sites excluding steroid dienone is 2. The zero-order valence-electron chi connectivity index (χ0n) is 13.2. The van der Waals surface area contributed by atoms with Crippen molar-refractivity contribution in [2.75, 3.05) is 13.2 Å². The molecule has 2 rings (SSSR count). The van der Waals surface area contributed by atoms with Gasteiger partial charge in [0.15, 0.2) is 0 Å². The van der Waals surface area contributed by atoms with Crippen LogP contribution in [-0.2, 0) is 0 Å². The van der Waals surface area contributed by atoms with Crippen LogP contribution in [-0.4, -0.2) is 13.2 Å². The van der Waals surface area contributed by atoms with Crippen molar-refractivity contribution < 1.29 is 9.47 Å². The Balaban J connectivity index is 1.93. The van der Waals surface area contributed by atoms with Crippen LogP contribution in [0.15, 0.2) is 84.0 Å². The highest BCUT2D eigenvalue weighted by Crippen LogP contribution is 2.17. The molecule has 0 atom stereocenters. The SMILES string of the molecule is C/C=C(COc1ccccc1)\C(=C/C)COc1ccccc1. The number of ether oxygens (including phenoxy) is 2. The molecule has 0 aliphatic rings. The summed E-state index contributed by atoms with van der Waals surface area (Å²) in [6.07, 6.45) is 4.15. The lowest BCUT2D eigenvalue weighted by Crippen LogP contribution is -2.09. The third-order valence-electron chi connectivity index (χ3n) is 3.38. The lowest BCUT2D eigenvalue weighted by atomic mass is 10.1. The molecule has 0 spiro atoms. The fraction of sp³-hybridized carbons (Fsp3) is 0.200. The molecule has 2 aromatic carbocycles. The van der Waals surface area contributed by atoms with E-state index in [-0.39, 0.29) is 0 Å². The zero-order valence-corrected chi connectivity index (χ0v) is 13.2. The van der Waals surface area contributed by atoms with Gasteiger partial charge in [-0.3, -0.25) is 0 Å². The molecule has 114 valence electrons. The highest BCUT2D eigenvalue weighted by molar-refractivity contribution is 5.33. The van der Waals surface area contributed by atoms with Gasteiger partial charge in [-0.25, -0.2) is 0 Å². The largest absolute Gasteiger partial charge is 0.489 e. The van der Waals surface area contributed by atoms with Crippen molar-refractivity contribution in [3.8, 4) is 11.5 Å². The van der Waals surface area contributed by atoms with Crippen molar-refractivity contribution in [1.29, 1.82) is 0 Å². The topological polar surface area (TPSA) is 18.5 Å². The minimum Gasteiger partial charge on any atom is -0.489 e. The van der Waals surface area contributed by atoms with E-state index in [4.69, 9.17) is 9.47 Å². The molecule has 0 amide bonds. The van der Waals surface area contributed by atoms with Gasteiger partial charge >= 0.3 is 0 Å². The molecule has 0 aliphatic heterocycles. The highest BCUT2D eigenvalue weighted by atomic mass is 16.5. The molecule has 0 aliphatic carbocycles. The molecule has 0 saturated carbocycles. The maximum atomic E-state index is 5.83. The van der Waals surface area contributed by atoms with Gasteiger partial charge in [0.05, 0.1) is 0 Å². The van der Waals surface area contributed by atoms with Crippen LogP contribution in [0.1, 0.15) is 13.8 Å². The van der Waals surface area contributed by atoms with Crippen molar-refractivity contribution >= 4 is 0 Å². The van der Waals surface area contributed by atoms with E-state index in [9.17, 15) is 0 Å². The number of hydrogen-bond acceptors (Lipinski definition) is 2. The van der Waals surface area contributed by atoms with Crippen LogP contribution in [0.4, 0.5) is 0 Å². The van der Waals surface area contributed by atoms with Crippen molar-refractivity contribution in [1.82, 2.24) is 0 Å². The Morgan fingerprint density at radius 1 is 0.682 bits per heavy atom. The van der Waals surface area contributed by atoms with E-state index in [1.807, 2.05) is 74.5 Å². The molecule has 0 fully saturated rings. The van der Waals surface area contributed by atoms with Gasteiger partial charge in [0.1, 0.15) is 24.7 Å². The molecule has 22 heavy (non-hydrogen) atoms. The first-order valence-corrected chi connectivity index (χ1v) is 7.50. The maximum Gasteiger partial charge on any atom is 0.119 e. The summed E-state index contributed by atoms with van der Waals surface area (Å²) < 4.78 is 11.7. The lowest BCUT2D eigenvalue weighted by molar-refractivity contribution is 0.333. The van der Waals surface area contributed by atoms with Gasteiger partial charge in [0.25, 0.3) is 0 Å². The Bertz CT molecular complexity index is 555. The second-order valence-electron chi connectivity index (χ2n) is 4.83. The fourth-order valence-corrected chi connectivity index (χ4v) is 2.08. The number of benzene rings is 2. The van der Waals surface area contributed by atoms with Gasteiger partial charge in [-0.2, -0.15) is 0 Å². The summed E-state index contributed by atoms with van der Waals surface area (Å²) in [5, 5.41) is 0. The summed E-state index contributed by atoms with van der Waals surface area (Å²) in [7, 11) is 0. The van der Waals surface area contributed by atoms with Crippen LogP contribution in [0.5, 0.6) is 11.5 Å². The Morgan fingerprint density at radius 2 is 1.05 bits per heavy atom. The second-order valence-corrected chi connectivity index (χ2v) is 4.83. The average Bonchev–Trinajstić information content (AvgIpc) is 2.59. The van der Waals surface area contributed by atoms with Gasteiger partial charge in [-0.05, 0) is 49.3 Å². The van der Waals surface area contributed by atoms with Crippen LogP contribution in [0.2, 0.25) is 0 Å². The first kappa shape index (κ1) is 15.9. The van der Waals surface area contributed by atoms with Gasteiger partial charge in [-0.1, -0.05) is 48.6 Å². The van der Waals surface area contributed by atoms with Crippen LogP contribution in [0.3, 0.4) is 0 Å². The van der Waals surface area contributed by atoms with E-state index in [0.717, 1.165) is 22.6 Å². The van der Waals surface area contributed by atoms with E-state index in [1.54, 1.807) is 0 Å². The highest BCUT2D eigenvalue weighted by Gasteiger charge is 2.06. The Labute approximate surface area is 132 Å². The molecule has 0 heterocycles. The van der Waals surface area contributed by atoms with E-state index in [1.165, 1.54) is 0 Å². The Hall–Kier alpha value is -2.48. The minimum atomic E-state index is 0.540. The summed E-state index contributed by atoms with van der Waals surface area (Å²) in [6.45, 7) is 5.13. The average molecular weight is 294 g/mol. The smallest absolute Gasteiger partial charge is 0.119 e. The standard InChI is InChI=1S/C20H22O2/c1-3-17(15-21-19-11-7-5-8-12-19)18(4-2)16-22-20-13-9-6-10-14-20/h3-14H,15-16H2,1-2H3/b17-3-,18-4-. The van der Waals surface area contributed by atoms with Gasteiger partial charge in [-0.15, -0.1) is 0 Å². The zero-order chi connectivity index (χ0) is 15.6. The van der Waals surface area contributed by atoms with Crippen molar-refractivity contribution in [2.45, 2.75) is 13.8 Å². The fourth-order valence-electron chi connectivity index (χ4n) is 2.08. The molecule has 0 aromatic heterocycles. The Kier molecular flexibility index (Phi) is 6.31. The van der Waals surface area contributed by atoms with Crippen molar-refractivity contribution in [2.24, 2.45) is 0 Å². The van der Waals surface area contributed by atoms with Crippen LogP contribution in [0, 0.1) is 0 Å². The third kappa shape index (κ3) is 4.81. The predicted molar refractivity (Wildman–Crippen MR) is 91.4 cm³/mol. The quantitative estimate of drug-likeness (QED) is 0.666. The van der Waals surface area contributed by atoms with E-state index < -0.39 is 0 Å². The monoisotopic (exact) mass is 294 g/mol. The third-order valence-corrected chi connectivity index (χ3v) is 3.38. The summed E-state index contributed by atoms with van der Waals surface area (Å²) in [4.78, 5) is 0. The van der Waals surface area contributed by atoms with Crippen molar-refractivity contribution in [3.63, 3.8) is 0 Å². The normalized spacial score (nSPS) is 12.1. The molecule has 0 radical (unpaired) electrons. The summed E-state index contributed by atoms with van der Waals surface area (Å²) in [6, 6.07) is 19.7. The van der Waals surface area contributed by atoms with Gasteiger partial charge < -0.3 is 9.47 Å². The predicted octanol–water partition coefficient (Wildman–Crippen LogP) is 5.04. The molecule has 0 bridgehead atoms. The van der Waals surface area contributed by atoms with Crippen LogP contribution in [0.25, 0.3) is 0 Å². The summed E-state index contributed by atoms with van der Waals surface area (Å²) in [5.41, 5.74) is 2.28. The molecule has 0 saturated heterocycles. The van der Waals surface area contributed by atoms with Gasteiger partial charge in [0.2, 0.25) is 0 Å². The summed E-state index contributed by atoms with van der Waals surface area (Å²) >= 11 is 0. The van der Waals surface area contributed by atoms with Gasteiger partial charge in [0, 0.05) is 0 Å². The molecule has 0 unspecified atom stereocenters. The Morgan fingerprint density at radius 3 is 1.36 bits per heavy atom. The molecule has 0 N–H and O–H groups in total. The van der Waals surface area contributed by atoms with E-state index in [2.05, 4.69) is 12.2 Å². The van der Waals surface area contributed by atoms with E-state index >= 15 is 0 Å². The van der Waals surface area contributed by atoms with Crippen molar-refractivity contribution in [3.05, 3.63) is 84.0 Å². The first-order valence-electron chi connectivity index (χ1n) is 7.50. The van der Waals surface area contributed by atoms with Crippen LogP contribution < -0.4 is 9.47 Å². The maximum absolute atomic E-state index is 5.83. The molecule has 2 heteroatoms. The van der Waals surface area contributed by atoms with Crippen LogP contribution >= 0.6 is 0 Å².